The highest BCUT2D eigenvalue weighted by molar-refractivity contribution is 5.71. The molecule has 0 rings (SSSR count). The van der Waals surface area contributed by atoms with Crippen molar-refractivity contribution in [3.8, 4) is 0 Å². The molecule has 0 spiro atoms. The van der Waals surface area contributed by atoms with Crippen LogP contribution in [0.2, 0.25) is 0 Å². The Balaban J connectivity index is 4.10. The number of rotatable bonds is 67. The van der Waals surface area contributed by atoms with E-state index in [2.05, 4.69) is 57.2 Å². The molecule has 6 heteroatoms. The maximum absolute atomic E-state index is 12.9. The van der Waals surface area contributed by atoms with E-state index in [-0.39, 0.29) is 31.1 Å². The summed E-state index contributed by atoms with van der Waals surface area (Å²) in [4.78, 5) is 38.4. The average molecular weight is 1120 g/mol. The molecule has 0 radical (unpaired) electrons. The van der Waals surface area contributed by atoms with Gasteiger partial charge in [0.2, 0.25) is 0 Å². The summed E-state index contributed by atoms with van der Waals surface area (Å²) in [6, 6.07) is 0. The van der Waals surface area contributed by atoms with Crippen LogP contribution in [0.4, 0.5) is 0 Å². The highest BCUT2D eigenvalue weighted by Gasteiger charge is 2.19. The number of unbranched alkanes of at least 4 members (excludes halogenated alkanes) is 50. The lowest BCUT2D eigenvalue weighted by Gasteiger charge is -2.18. The summed E-state index contributed by atoms with van der Waals surface area (Å²) in [6.45, 7) is 6.59. The van der Waals surface area contributed by atoms with Crippen molar-refractivity contribution in [1.82, 2.24) is 0 Å². The summed E-state index contributed by atoms with van der Waals surface area (Å²) in [6.07, 6.45) is 86.3. The van der Waals surface area contributed by atoms with E-state index in [1.54, 1.807) is 0 Å². The van der Waals surface area contributed by atoms with E-state index < -0.39 is 6.10 Å². The lowest BCUT2D eigenvalue weighted by atomic mass is 10.0. The van der Waals surface area contributed by atoms with E-state index in [9.17, 15) is 14.4 Å². The number of esters is 3. The highest BCUT2D eigenvalue weighted by atomic mass is 16.6. The topological polar surface area (TPSA) is 78.9 Å². The first-order chi connectivity index (χ1) is 39.5. The second-order valence-corrected chi connectivity index (χ2v) is 24.5. The summed E-state index contributed by atoms with van der Waals surface area (Å²) in [5, 5.41) is 0. The van der Waals surface area contributed by atoms with Gasteiger partial charge in [-0.05, 0) is 51.4 Å². The Morgan fingerprint density at radius 3 is 0.762 bits per heavy atom. The summed E-state index contributed by atoms with van der Waals surface area (Å²) in [7, 11) is 0. The van der Waals surface area contributed by atoms with Crippen molar-refractivity contribution in [2.45, 2.75) is 406 Å². The molecular formula is C74H138O6. The third kappa shape index (κ3) is 66.4. The van der Waals surface area contributed by atoms with Crippen molar-refractivity contribution in [1.29, 1.82) is 0 Å². The number of carbonyl (C=O) groups excluding carboxylic acids is 3. The second-order valence-electron chi connectivity index (χ2n) is 24.5. The van der Waals surface area contributed by atoms with Crippen LogP contribution in [-0.4, -0.2) is 37.2 Å². The van der Waals surface area contributed by atoms with Crippen LogP contribution in [0.15, 0.2) is 36.5 Å². The predicted octanol–water partition coefficient (Wildman–Crippen LogP) is 24.7. The van der Waals surface area contributed by atoms with Gasteiger partial charge in [-0.1, -0.05) is 365 Å². The molecule has 1 atom stereocenters. The van der Waals surface area contributed by atoms with Crippen LogP contribution < -0.4 is 0 Å². The molecule has 0 saturated carbocycles. The van der Waals surface area contributed by atoms with Crippen molar-refractivity contribution >= 4 is 17.9 Å². The third-order valence-corrected chi connectivity index (χ3v) is 16.4. The Labute approximate surface area is 499 Å². The molecule has 0 aliphatic rings. The zero-order chi connectivity index (χ0) is 57.8. The van der Waals surface area contributed by atoms with Gasteiger partial charge in [0.15, 0.2) is 6.10 Å². The summed E-state index contributed by atoms with van der Waals surface area (Å²) < 4.78 is 17.0. The molecule has 0 N–H and O–H groups in total. The Morgan fingerprint density at radius 1 is 0.263 bits per heavy atom. The van der Waals surface area contributed by atoms with Crippen LogP contribution in [0.5, 0.6) is 0 Å². The summed E-state index contributed by atoms with van der Waals surface area (Å²) in [5.74, 6) is -0.853. The molecule has 0 amide bonds. The van der Waals surface area contributed by atoms with E-state index in [1.165, 1.54) is 276 Å². The minimum Gasteiger partial charge on any atom is -0.462 e. The van der Waals surface area contributed by atoms with Crippen molar-refractivity contribution < 1.29 is 28.6 Å². The van der Waals surface area contributed by atoms with Crippen molar-refractivity contribution in [2.24, 2.45) is 0 Å². The number of hydrogen-bond donors (Lipinski definition) is 0. The number of allylic oxidation sites excluding steroid dienone is 6. The predicted molar refractivity (Wildman–Crippen MR) is 349 cm³/mol. The minimum absolute atomic E-state index is 0.0707. The smallest absolute Gasteiger partial charge is 0.306 e. The highest BCUT2D eigenvalue weighted by Crippen LogP contribution is 2.19. The quantitative estimate of drug-likeness (QED) is 0.0261. The molecule has 6 nitrogen and oxygen atoms in total. The van der Waals surface area contributed by atoms with Gasteiger partial charge in [0, 0.05) is 19.3 Å². The summed E-state index contributed by atoms with van der Waals surface area (Å²) in [5.41, 5.74) is 0. The van der Waals surface area contributed by atoms with Crippen LogP contribution >= 0.6 is 0 Å². The molecule has 470 valence electrons. The lowest BCUT2D eigenvalue weighted by Crippen LogP contribution is -2.30. The van der Waals surface area contributed by atoms with Gasteiger partial charge in [-0.15, -0.1) is 0 Å². The van der Waals surface area contributed by atoms with Gasteiger partial charge in [-0.25, -0.2) is 0 Å². The van der Waals surface area contributed by atoms with Crippen LogP contribution in [0, 0.1) is 0 Å². The fourth-order valence-corrected chi connectivity index (χ4v) is 11.1. The lowest BCUT2D eigenvalue weighted by molar-refractivity contribution is -0.167. The SMILES string of the molecule is CC/C=C\C/C=C\C/C=C\CCCCCCCCCC(=O)OC(COC(=O)CCCCCCCCCCCCCCC)COC(=O)CCCCCCCCCCCCCCCCCCCCCCCCCCCCCCCCCC. The van der Waals surface area contributed by atoms with Gasteiger partial charge in [0.25, 0.3) is 0 Å². The van der Waals surface area contributed by atoms with E-state index in [4.69, 9.17) is 14.2 Å². The fraction of sp³-hybridized carbons (Fsp3) is 0.878. The van der Waals surface area contributed by atoms with Gasteiger partial charge < -0.3 is 14.2 Å². The number of hydrogen-bond acceptors (Lipinski definition) is 6. The molecule has 80 heavy (non-hydrogen) atoms. The second kappa shape index (κ2) is 69.1. The fourth-order valence-electron chi connectivity index (χ4n) is 11.1. The number of ether oxygens (including phenoxy) is 3. The maximum atomic E-state index is 12.9. The minimum atomic E-state index is -0.775. The molecule has 0 aromatic heterocycles. The molecule has 0 bridgehead atoms. The van der Waals surface area contributed by atoms with Crippen molar-refractivity contribution in [3.05, 3.63) is 36.5 Å². The first kappa shape index (κ1) is 77.6. The normalized spacial score (nSPS) is 12.2. The van der Waals surface area contributed by atoms with Gasteiger partial charge in [-0.2, -0.15) is 0 Å². The van der Waals surface area contributed by atoms with Crippen molar-refractivity contribution in [2.75, 3.05) is 13.2 Å². The third-order valence-electron chi connectivity index (χ3n) is 16.4. The molecule has 0 aromatic rings. The zero-order valence-electron chi connectivity index (χ0n) is 54.1. The number of carbonyl (C=O) groups is 3. The standard InChI is InChI=1S/C74H138O6/c1-4-7-10-13-16-19-22-25-27-29-30-31-32-33-34-35-36-37-38-39-40-41-42-43-45-46-49-52-55-58-61-64-67-73(76)79-70-71(69-78-72(75)66-63-60-57-54-51-48-24-21-18-15-12-9-6-3)80-74(77)68-65-62-59-56-53-50-47-44-28-26-23-20-17-14-11-8-5-2/h8,11,17,20,26,28,71H,4-7,9-10,12-16,18-19,21-25,27,29-70H2,1-3H3/b11-8-,20-17-,28-26-. The molecule has 1 unspecified atom stereocenters. The molecule has 0 heterocycles. The van der Waals surface area contributed by atoms with E-state index >= 15 is 0 Å². The monoisotopic (exact) mass is 1120 g/mol. The van der Waals surface area contributed by atoms with E-state index in [0.717, 1.165) is 83.5 Å². The molecule has 0 aliphatic carbocycles. The first-order valence-electron chi connectivity index (χ1n) is 36.0. The van der Waals surface area contributed by atoms with Crippen molar-refractivity contribution in [3.63, 3.8) is 0 Å². The van der Waals surface area contributed by atoms with Crippen LogP contribution in [0.3, 0.4) is 0 Å². The molecule has 0 aliphatic heterocycles. The molecule has 0 fully saturated rings. The molecule has 0 aromatic carbocycles. The molecular weight excluding hydrogens is 985 g/mol. The Morgan fingerprint density at radius 2 is 0.487 bits per heavy atom. The largest absolute Gasteiger partial charge is 0.462 e. The van der Waals surface area contributed by atoms with Gasteiger partial charge in [-0.3, -0.25) is 14.4 Å². The first-order valence-corrected chi connectivity index (χ1v) is 36.0. The Kier molecular flexibility index (Phi) is 67.1. The van der Waals surface area contributed by atoms with Gasteiger partial charge in [0.05, 0.1) is 0 Å². The van der Waals surface area contributed by atoms with Crippen LogP contribution in [0.1, 0.15) is 400 Å². The van der Waals surface area contributed by atoms with Gasteiger partial charge >= 0.3 is 17.9 Å². The van der Waals surface area contributed by atoms with Gasteiger partial charge in [0.1, 0.15) is 13.2 Å². The maximum Gasteiger partial charge on any atom is 0.306 e. The van der Waals surface area contributed by atoms with Crippen LogP contribution in [0.25, 0.3) is 0 Å². The summed E-state index contributed by atoms with van der Waals surface area (Å²) >= 11 is 0. The van der Waals surface area contributed by atoms with E-state index in [1.807, 2.05) is 0 Å². The van der Waals surface area contributed by atoms with Crippen LogP contribution in [-0.2, 0) is 28.6 Å². The zero-order valence-corrected chi connectivity index (χ0v) is 54.1. The Bertz CT molecular complexity index is 1340. The molecule has 0 saturated heterocycles. The average Bonchev–Trinajstić information content (AvgIpc) is 3.46. The van der Waals surface area contributed by atoms with E-state index in [0.29, 0.717) is 19.3 Å². The Hall–Kier alpha value is -2.37.